The molecule has 1 aliphatic rings. The molecule has 0 saturated carbocycles. The number of nitrogens with zero attached hydrogens (tertiary/aromatic N) is 6. The zero-order valence-corrected chi connectivity index (χ0v) is 19.3. The van der Waals surface area contributed by atoms with Crippen LogP contribution in [0.15, 0.2) is 30.7 Å². The number of ether oxygens (including phenoxy) is 1. The van der Waals surface area contributed by atoms with Crippen LogP contribution in [-0.4, -0.2) is 62.8 Å². The van der Waals surface area contributed by atoms with Crippen molar-refractivity contribution in [1.82, 2.24) is 29.5 Å². The average Bonchev–Trinajstić information content (AvgIpc) is 3.50. The third kappa shape index (κ3) is 3.86. The fourth-order valence-corrected chi connectivity index (χ4v) is 4.45. The van der Waals surface area contributed by atoms with E-state index in [1.54, 1.807) is 10.9 Å². The van der Waals surface area contributed by atoms with E-state index in [-0.39, 0.29) is 5.91 Å². The quantitative estimate of drug-likeness (QED) is 0.467. The Morgan fingerprint density at radius 1 is 1.24 bits per heavy atom. The van der Waals surface area contributed by atoms with Gasteiger partial charge in [0.15, 0.2) is 5.82 Å². The number of aromatic nitrogens is 5. The fourth-order valence-electron chi connectivity index (χ4n) is 4.45. The average molecular weight is 449 g/mol. The van der Waals surface area contributed by atoms with Crippen LogP contribution in [-0.2, 0) is 7.05 Å². The Morgan fingerprint density at radius 2 is 2.09 bits per heavy atom. The number of likely N-dealkylation sites (N-methyl/N-ethyl adjacent to an activating group) is 1. The van der Waals surface area contributed by atoms with Crippen LogP contribution in [0.3, 0.4) is 0 Å². The van der Waals surface area contributed by atoms with Crippen LogP contribution in [0.5, 0.6) is 5.88 Å². The third-order valence-electron chi connectivity index (χ3n) is 6.00. The number of carbonyl (C=O) groups excluding carboxylic acids is 1. The van der Waals surface area contributed by atoms with Gasteiger partial charge in [0.1, 0.15) is 5.52 Å². The van der Waals surface area contributed by atoms with Crippen molar-refractivity contribution < 1.29 is 9.53 Å². The van der Waals surface area contributed by atoms with E-state index < -0.39 is 0 Å². The van der Waals surface area contributed by atoms with Crippen LogP contribution in [0.25, 0.3) is 16.6 Å². The predicted octanol–water partition coefficient (Wildman–Crippen LogP) is 2.37. The second-order valence-electron chi connectivity index (χ2n) is 8.35. The Kier molecular flexibility index (Phi) is 5.37. The van der Waals surface area contributed by atoms with Gasteiger partial charge < -0.3 is 20.3 Å². The third-order valence-corrected chi connectivity index (χ3v) is 6.00. The molecule has 1 atom stereocenters. The van der Waals surface area contributed by atoms with Gasteiger partial charge in [-0.15, -0.1) is 0 Å². The van der Waals surface area contributed by atoms with E-state index in [1.165, 1.54) is 0 Å². The van der Waals surface area contributed by atoms with Crippen molar-refractivity contribution in [2.24, 2.45) is 7.05 Å². The molecule has 0 bridgehead atoms. The summed E-state index contributed by atoms with van der Waals surface area (Å²) in [6, 6.07) is 4.32. The molecule has 172 valence electrons. The van der Waals surface area contributed by atoms with Gasteiger partial charge in [0.25, 0.3) is 11.8 Å². The smallest absolute Gasteiger partial charge is 0.260 e. The number of amides is 1. The molecular formula is C23H28N8O2. The molecule has 1 aromatic carbocycles. The van der Waals surface area contributed by atoms with E-state index >= 15 is 0 Å². The highest BCUT2D eigenvalue weighted by molar-refractivity contribution is 6.13. The Hall–Kier alpha value is -3.66. The molecule has 0 spiro atoms. The number of carbonyl (C=O) groups is 1. The molecule has 1 fully saturated rings. The lowest BCUT2D eigenvalue weighted by Gasteiger charge is -2.20. The molecule has 33 heavy (non-hydrogen) atoms. The second kappa shape index (κ2) is 8.36. The maximum Gasteiger partial charge on any atom is 0.260 e. The highest BCUT2D eigenvalue weighted by Gasteiger charge is 2.25. The molecule has 2 N–H and O–H groups in total. The molecule has 1 amide bonds. The van der Waals surface area contributed by atoms with E-state index in [2.05, 4.69) is 30.6 Å². The number of anilines is 2. The summed E-state index contributed by atoms with van der Waals surface area (Å²) in [6.07, 6.45) is 6.67. The number of aryl methyl sites for hydroxylation is 2. The van der Waals surface area contributed by atoms with E-state index in [4.69, 9.17) is 4.74 Å². The Bertz CT molecular complexity index is 1340. The van der Waals surface area contributed by atoms with E-state index in [1.807, 2.05) is 56.9 Å². The van der Waals surface area contributed by atoms with Gasteiger partial charge in [0.05, 0.1) is 24.1 Å². The summed E-state index contributed by atoms with van der Waals surface area (Å²) in [5, 5.41) is 11.8. The number of fused-ring (bicyclic) bond motifs is 2. The predicted molar refractivity (Wildman–Crippen MR) is 127 cm³/mol. The molecule has 5 rings (SSSR count). The lowest BCUT2D eigenvalue weighted by atomic mass is 10.1. The molecule has 1 aliphatic heterocycles. The van der Waals surface area contributed by atoms with Gasteiger partial charge in [-0.2, -0.15) is 10.1 Å². The van der Waals surface area contributed by atoms with Crippen molar-refractivity contribution in [3.05, 3.63) is 42.0 Å². The normalized spacial score (nSPS) is 16.1. The van der Waals surface area contributed by atoms with Gasteiger partial charge in [-0.05, 0) is 39.4 Å². The lowest BCUT2D eigenvalue weighted by molar-refractivity contribution is 0.102. The Balaban J connectivity index is 1.49. The van der Waals surface area contributed by atoms with Crippen molar-refractivity contribution >= 4 is 34.0 Å². The van der Waals surface area contributed by atoms with Crippen molar-refractivity contribution in [2.45, 2.75) is 26.3 Å². The summed E-state index contributed by atoms with van der Waals surface area (Å²) in [6.45, 7) is 6.14. The SMILES string of the molecule is CCOc1nc(NC(=O)c2ccc(N3CC[C@@H](NC)C3)c3cn(C)nc23)cn2cc(C)nc12. The molecule has 0 unspecified atom stereocenters. The largest absolute Gasteiger partial charge is 0.475 e. The summed E-state index contributed by atoms with van der Waals surface area (Å²) in [5.74, 6) is 0.499. The molecule has 10 nitrogen and oxygen atoms in total. The van der Waals surface area contributed by atoms with Gasteiger partial charge in [-0.3, -0.25) is 13.9 Å². The van der Waals surface area contributed by atoms with Gasteiger partial charge in [0, 0.05) is 49.6 Å². The number of hydrogen-bond donors (Lipinski definition) is 2. The number of hydrogen-bond acceptors (Lipinski definition) is 7. The molecule has 0 aliphatic carbocycles. The first-order chi connectivity index (χ1) is 16.0. The van der Waals surface area contributed by atoms with E-state index in [0.29, 0.717) is 41.1 Å². The number of imidazole rings is 1. The summed E-state index contributed by atoms with van der Waals surface area (Å²) < 4.78 is 9.22. The molecule has 1 saturated heterocycles. The molecule has 10 heteroatoms. The summed E-state index contributed by atoms with van der Waals surface area (Å²) in [4.78, 5) is 24.6. The Morgan fingerprint density at radius 3 is 2.85 bits per heavy atom. The van der Waals surface area contributed by atoms with Crippen LogP contribution in [0, 0.1) is 6.92 Å². The van der Waals surface area contributed by atoms with Crippen molar-refractivity contribution in [3.63, 3.8) is 0 Å². The maximum absolute atomic E-state index is 13.3. The van der Waals surface area contributed by atoms with Crippen LogP contribution in [0.2, 0.25) is 0 Å². The topological polar surface area (TPSA) is 102 Å². The van der Waals surface area contributed by atoms with Gasteiger partial charge >= 0.3 is 0 Å². The number of benzene rings is 1. The van der Waals surface area contributed by atoms with Gasteiger partial charge in [-0.25, -0.2) is 4.98 Å². The highest BCUT2D eigenvalue weighted by atomic mass is 16.5. The minimum atomic E-state index is -0.272. The van der Waals surface area contributed by atoms with Gasteiger partial charge in [-0.1, -0.05) is 0 Å². The molecule has 4 aromatic rings. The van der Waals surface area contributed by atoms with E-state index in [9.17, 15) is 4.79 Å². The summed E-state index contributed by atoms with van der Waals surface area (Å²) in [5.41, 5.74) is 3.73. The van der Waals surface area contributed by atoms with Crippen LogP contribution in [0.4, 0.5) is 11.5 Å². The molecule has 3 aromatic heterocycles. The maximum atomic E-state index is 13.3. The first-order valence-electron chi connectivity index (χ1n) is 11.2. The van der Waals surface area contributed by atoms with Crippen LogP contribution >= 0.6 is 0 Å². The zero-order chi connectivity index (χ0) is 23.1. The summed E-state index contributed by atoms with van der Waals surface area (Å²) >= 11 is 0. The fraction of sp³-hybridized carbons (Fsp3) is 0.391. The van der Waals surface area contributed by atoms with Gasteiger partial charge in [0.2, 0.25) is 5.65 Å². The highest BCUT2D eigenvalue weighted by Crippen LogP contribution is 2.31. The number of nitrogens with one attached hydrogen (secondary N) is 2. The minimum absolute atomic E-state index is 0.272. The summed E-state index contributed by atoms with van der Waals surface area (Å²) in [7, 11) is 3.87. The monoisotopic (exact) mass is 448 g/mol. The van der Waals surface area contributed by atoms with E-state index in [0.717, 1.165) is 36.3 Å². The molecule has 4 heterocycles. The molecular weight excluding hydrogens is 420 g/mol. The van der Waals surface area contributed by atoms with Crippen LogP contribution in [0.1, 0.15) is 29.4 Å². The minimum Gasteiger partial charge on any atom is -0.475 e. The first kappa shape index (κ1) is 21.2. The molecule has 0 radical (unpaired) electrons. The van der Waals surface area contributed by atoms with Crippen molar-refractivity contribution in [3.8, 4) is 5.88 Å². The van der Waals surface area contributed by atoms with Crippen LogP contribution < -0.4 is 20.3 Å². The lowest BCUT2D eigenvalue weighted by Crippen LogP contribution is -2.29. The second-order valence-corrected chi connectivity index (χ2v) is 8.35. The number of rotatable bonds is 6. The first-order valence-corrected chi connectivity index (χ1v) is 11.2. The zero-order valence-electron chi connectivity index (χ0n) is 19.3. The standard InChI is InChI=1S/C23H28N8O2/c1-5-33-23-21-25-14(2)10-31(21)13-19(27-23)26-22(32)16-6-7-18(17-12-29(4)28-20(16)17)30-9-8-15(11-30)24-3/h6-7,10,12-13,15,24H,5,8-9,11H2,1-4H3,(H,26,32)/t15-/m1/s1. The van der Waals surface area contributed by atoms with Crippen molar-refractivity contribution in [2.75, 3.05) is 37.0 Å². The Labute approximate surface area is 191 Å². The van der Waals surface area contributed by atoms with Crippen molar-refractivity contribution in [1.29, 1.82) is 0 Å².